The number of likely N-dealkylation sites (N-methyl/N-ethyl adjacent to an activating group) is 1. The van der Waals surface area contributed by atoms with Gasteiger partial charge in [-0.2, -0.15) is 0 Å². The third kappa shape index (κ3) is 7.35. The van der Waals surface area contributed by atoms with Crippen LogP contribution in [-0.2, 0) is 26.2 Å². The number of carbonyl (C=O) groups excluding carboxylic acids is 2. The monoisotopic (exact) mass is 513 g/mol. The van der Waals surface area contributed by atoms with Crippen molar-refractivity contribution in [3.63, 3.8) is 0 Å². The summed E-state index contributed by atoms with van der Waals surface area (Å²) in [5, 5.41) is 3.39. The summed E-state index contributed by atoms with van der Waals surface area (Å²) in [5.74, 6) is -0.868. The van der Waals surface area contributed by atoms with Crippen molar-refractivity contribution < 1.29 is 18.0 Å². The van der Waals surface area contributed by atoms with Crippen LogP contribution in [0.25, 0.3) is 0 Å². The average molecular weight is 514 g/mol. The van der Waals surface area contributed by atoms with Gasteiger partial charge in [0.2, 0.25) is 21.8 Å². The SMILES string of the molecule is CCNC(=O)C(C)N(Cc1ccc(Cl)c(Cl)c1)C(=O)CN(c1cc(C)cc(C)c1)S(C)(=O)=O. The molecule has 0 radical (unpaired) electrons. The molecule has 1 atom stereocenters. The zero-order chi connectivity index (χ0) is 24.9. The molecule has 0 aliphatic carbocycles. The molecule has 10 heteroatoms. The van der Waals surface area contributed by atoms with Crippen molar-refractivity contribution in [1.29, 1.82) is 0 Å². The van der Waals surface area contributed by atoms with E-state index in [4.69, 9.17) is 23.2 Å². The second-order valence-electron chi connectivity index (χ2n) is 7.96. The maximum atomic E-state index is 13.4. The molecule has 2 aromatic carbocycles. The minimum atomic E-state index is -3.77. The number of nitrogens with zero attached hydrogens (tertiary/aromatic N) is 2. The van der Waals surface area contributed by atoms with Crippen LogP contribution in [-0.4, -0.2) is 50.5 Å². The quantitative estimate of drug-likeness (QED) is 0.550. The molecule has 0 fully saturated rings. The molecule has 0 heterocycles. The van der Waals surface area contributed by atoms with Gasteiger partial charge < -0.3 is 10.2 Å². The Morgan fingerprint density at radius 1 is 1.03 bits per heavy atom. The first-order chi connectivity index (χ1) is 15.3. The second kappa shape index (κ2) is 11.2. The van der Waals surface area contributed by atoms with Gasteiger partial charge in [-0.3, -0.25) is 13.9 Å². The smallest absolute Gasteiger partial charge is 0.244 e. The van der Waals surface area contributed by atoms with Crippen molar-refractivity contribution >= 4 is 50.7 Å². The van der Waals surface area contributed by atoms with Gasteiger partial charge in [0, 0.05) is 13.1 Å². The third-order valence-corrected chi connectivity index (χ3v) is 6.91. The molecule has 0 aromatic heterocycles. The molecule has 1 unspecified atom stereocenters. The summed E-state index contributed by atoms with van der Waals surface area (Å²) < 4.78 is 26.3. The van der Waals surface area contributed by atoms with Gasteiger partial charge in [0.25, 0.3) is 0 Å². The maximum absolute atomic E-state index is 13.4. The minimum Gasteiger partial charge on any atom is -0.355 e. The van der Waals surface area contributed by atoms with Crippen LogP contribution >= 0.6 is 23.2 Å². The Morgan fingerprint density at radius 3 is 2.15 bits per heavy atom. The fourth-order valence-electron chi connectivity index (χ4n) is 3.45. The highest BCUT2D eigenvalue weighted by atomic mass is 35.5. The van der Waals surface area contributed by atoms with Crippen molar-refractivity contribution in [3.05, 3.63) is 63.1 Å². The summed E-state index contributed by atoms with van der Waals surface area (Å²) in [6.45, 7) is 7.09. The Hall–Kier alpha value is -2.29. The number of sulfonamides is 1. The normalized spacial score (nSPS) is 12.2. The predicted octanol–water partition coefficient (Wildman–Crippen LogP) is 3.93. The number of aryl methyl sites for hydroxylation is 2. The second-order valence-corrected chi connectivity index (χ2v) is 10.7. The number of nitrogens with one attached hydrogen (secondary N) is 1. The Labute approximate surface area is 205 Å². The van der Waals surface area contributed by atoms with E-state index in [2.05, 4.69) is 5.32 Å². The van der Waals surface area contributed by atoms with Gasteiger partial charge in [-0.1, -0.05) is 35.3 Å². The van der Waals surface area contributed by atoms with Gasteiger partial charge in [0.1, 0.15) is 12.6 Å². The van der Waals surface area contributed by atoms with Crippen LogP contribution in [0.15, 0.2) is 36.4 Å². The summed E-state index contributed by atoms with van der Waals surface area (Å²) >= 11 is 12.1. The number of carbonyl (C=O) groups is 2. The molecule has 0 saturated carbocycles. The lowest BCUT2D eigenvalue weighted by Gasteiger charge is -2.31. The van der Waals surface area contributed by atoms with Gasteiger partial charge in [0.05, 0.1) is 22.0 Å². The van der Waals surface area contributed by atoms with Gasteiger partial charge >= 0.3 is 0 Å². The number of benzene rings is 2. The Bertz CT molecular complexity index is 1120. The van der Waals surface area contributed by atoms with E-state index < -0.39 is 28.5 Å². The van der Waals surface area contributed by atoms with Crippen molar-refractivity contribution in [2.45, 2.75) is 40.3 Å². The van der Waals surface area contributed by atoms with Gasteiger partial charge in [-0.15, -0.1) is 0 Å². The van der Waals surface area contributed by atoms with Crippen LogP contribution in [0.2, 0.25) is 10.0 Å². The van der Waals surface area contributed by atoms with Crippen LogP contribution < -0.4 is 9.62 Å². The van der Waals surface area contributed by atoms with Gasteiger partial charge in [0.15, 0.2) is 0 Å². The first-order valence-electron chi connectivity index (χ1n) is 10.4. The van der Waals surface area contributed by atoms with E-state index in [9.17, 15) is 18.0 Å². The third-order valence-electron chi connectivity index (χ3n) is 5.03. The zero-order valence-corrected chi connectivity index (χ0v) is 21.7. The molecule has 180 valence electrons. The van der Waals surface area contributed by atoms with Crippen LogP contribution in [0.4, 0.5) is 5.69 Å². The van der Waals surface area contributed by atoms with Gasteiger partial charge in [-0.05, 0) is 68.7 Å². The molecular weight excluding hydrogens is 485 g/mol. The lowest BCUT2D eigenvalue weighted by atomic mass is 10.1. The first kappa shape index (κ1) is 27.0. The number of hydrogen-bond donors (Lipinski definition) is 1. The number of halogens is 2. The van der Waals surface area contributed by atoms with Crippen molar-refractivity contribution in [3.8, 4) is 0 Å². The summed E-state index contributed by atoms with van der Waals surface area (Å²) in [5.41, 5.74) is 2.79. The molecule has 0 saturated heterocycles. The minimum absolute atomic E-state index is 0.0540. The first-order valence-corrected chi connectivity index (χ1v) is 13.0. The molecule has 7 nitrogen and oxygen atoms in total. The molecule has 0 aliphatic heterocycles. The molecular formula is C23H29Cl2N3O4S. The van der Waals surface area contributed by atoms with Crippen LogP contribution in [0, 0.1) is 13.8 Å². The fraction of sp³-hybridized carbons (Fsp3) is 0.391. The Morgan fingerprint density at radius 2 is 1.64 bits per heavy atom. The van der Waals surface area contributed by atoms with E-state index in [1.165, 1.54) is 4.90 Å². The molecule has 2 rings (SSSR count). The maximum Gasteiger partial charge on any atom is 0.244 e. The van der Waals surface area contributed by atoms with E-state index in [-0.39, 0.29) is 12.5 Å². The van der Waals surface area contributed by atoms with E-state index in [0.717, 1.165) is 21.7 Å². The Balaban J connectivity index is 2.43. The van der Waals surface area contributed by atoms with E-state index in [0.29, 0.717) is 27.8 Å². The summed E-state index contributed by atoms with van der Waals surface area (Å²) in [6.07, 6.45) is 1.05. The van der Waals surface area contributed by atoms with Crippen molar-refractivity contribution in [1.82, 2.24) is 10.2 Å². The van der Waals surface area contributed by atoms with E-state index in [1.807, 2.05) is 19.9 Å². The topological polar surface area (TPSA) is 86.8 Å². The highest BCUT2D eigenvalue weighted by Gasteiger charge is 2.30. The van der Waals surface area contributed by atoms with Crippen LogP contribution in [0.1, 0.15) is 30.5 Å². The summed E-state index contributed by atoms with van der Waals surface area (Å²) in [4.78, 5) is 27.3. The van der Waals surface area contributed by atoms with E-state index >= 15 is 0 Å². The lowest BCUT2D eigenvalue weighted by Crippen LogP contribution is -2.51. The molecule has 0 aliphatic rings. The highest BCUT2D eigenvalue weighted by Crippen LogP contribution is 2.25. The largest absolute Gasteiger partial charge is 0.355 e. The van der Waals surface area contributed by atoms with Crippen LogP contribution in [0.3, 0.4) is 0 Å². The standard InChI is InChI=1S/C23H29Cl2N3O4S/c1-6-26-23(30)17(4)27(13-18-7-8-20(24)21(25)12-18)22(29)14-28(33(5,31)32)19-10-15(2)9-16(3)11-19/h7-12,17H,6,13-14H2,1-5H3,(H,26,30). The number of hydrogen-bond acceptors (Lipinski definition) is 4. The number of rotatable bonds is 9. The summed E-state index contributed by atoms with van der Waals surface area (Å²) in [7, 11) is -3.77. The molecule has 0 bridgehead atoms. The molecule has 2 aromatic rings. The molecule has 0 spiro atoms. The van der Waals surface area contributed by atoms with Crippen molar-refractivity contribution in [2.24, 2.45) is 0 Å². The Kier molecular flexibility index (Phi) is 9.17. The van der Waals surface area contributed by atoms with Crippen LogP contribution in [0.5, 0.6) is 0 Å². The predicted molar refractivity (Wildman–Crippen MR) is 133 cm³/mol. The zero-order valence-electron chi connectivity index (χ0n) is 19.4. The average Bonchev–Trinajstić information content (AvgIpc) is 2.70. The highest BCUT2D eigenvalue weighted by molar-refractivity contribution is 7.92. The molecule has 33 heavy (non-hydrogen) atoms. The lowest BCUT2D eigenvalue weighted by molar-refractivity contribution is -0.139. The van der Waals surface area contributed by atoms with Gasteiger partial charge in [-0.25, -0.2) is 8.42 Å². The van der Waals surface area contributed by atoms with Crippen molar-refractivity contribution in [2.75, 3.05) is 23.7 Å². The van der Waals surface area contributed by atoms with E-state index in [1.54, 1.807) is 44.2 Å². The molecule has 2 amide bonds. The number of amides is 2. The molecule has 1 N–H and O–H groups in total. The summed E-state index contributed by atoms with van der Waals surface area (Å²) in [6, 6.07) is 9.42. The fourth-order valence-corrected chi connectivity index (χ4v) is 4.60. The number of anilines is 1.